The van der Waals surface area contributed by atoms with Gasteiger partial charge < -0.3 is 9.47 Å². The van der Waals surface area contributed by atoms with Crippen molar-refractivity contribution in [3.05, 3.63) is 28.4 Å². The average molecular weight is 282 g/mol. The summed E-state index contributed by atoms with van der Waals surface area (Å²) in [6.45, 7) is 1.94. The zero-order valence-electron chi connectivity index (χ0n) is 9.37. The van der Waals surface area contributed by atoms with Crippen molar-refractivity contribution in [2.45, 2.75) is 6.92 Å². The quantitative estimate of drug-likeness (QED) is 0.846. The molecule has 16 heavy (non-hydrogen) atoms. The molecule has 3 nitrogen and oxygen atoms in total. The molecule has 0 amide bonds. The number of hydrogen-bond acceptors (Lipinski definition) is 3. The summed E-state index contributed by atoms with van der Waals surface area (Å²) in [6, 6.07) is 5.76. The molecule has 1 aromatic heterocycles. The van der Waals surface area contributed by atoms with E-state index in [1.807, 2.05) is 25.1 Å². The Kier molecular flexibility index (Phi) is 3.01. The first-order chi connectivity index (χ1) is 7.67. The lowest BCUT2D eigenvalue weighted by molar-refractivity contribution is 0.411. The molecule has 0 fully saturated rings. The minimum absolute atomic E-state index is 0.771. The predicted octanol–water partition coefficient (Wildman–Crippen LogP) is 3.32. The summed E-state index contributed by atoms with van der Waals surface area (Å²) < 4.78 is 11.4. The second-order valence-corrected chi connectivity index (χ2v) is 4.24. The van der Waals surface area contributed by atoms with Gasteiger partial charge in [0.2, 0.25) is 0 Å². The van der Waals surface area contributed by atoms with Crippen LogP contribution in [0.2, 0.25) is 0 Å². The molecule has 0 aliphatic heterocycles. The van der Waals surface area contributed by atoms with Gasteiger partial charge in [0.05, 0.1) is 24.2 Å². The number of methoxy groups -OCH3 is 2. The monoisotopic (exact) mass is 281 g/mol. The molecule has 2 rings (SSSR count). The lowest BCUT2D eigenvalue weighted by Crippen LogP contribution is -1.93. The highest BCUT2D eigenvalue weighted by molar-refractivity contribution is 9.10. The Morgan fingerprint density at radius 1 is 1.12 bits per heavy atom. The minimum atomic E-state index is 0.771. The SMILES string of the molecule is COc1ccc2c(OC)cc(C)nc2c1Br. The van der Waals surface area contributed by atoms with Gasteiger partial charge in [-0.15, -0.1) is 0 Å². The lowest BCUT2D eigenvalue weighted by atomic mass is 10.2. The van der Waals surface area contributed by atoms with Crippen molar-refractivity contribution >= 4 is 26.8 Å². The molecule has 0 saturated carbocycles. The highest BCUT2D eigenvalue weighted by Gasteiger charge is 2.11. The van der Waals surface area contributed by atoms with Gasteiger partial charge in [-0.1, -0.05) is 0 Å². The summed E-state index contributed by atoms with van der Waals surface area (Å²) in [5.41, 5.74) is 1.77. The summed E-state index contributed by atoms with van der Waals surface area (Å²) in [6.07, 6.45) is 0. The van der Waals surface area contributed by atoms with E-state index in [1.165, 1.54) is 0 Å². The summed E-state index contributed by atoms with van der Waals surface area (Å²) in [5.74, 6) is 1.60. The van der Waals surface area contributed by atoms with Crippen LogP contribution in [0, 0.1) is 6.92 Å². The third-order valence-corrected chi connectivity index (χ3v) is 3.18. The Balaban J connectivity index is 2.83. The molecule has 0 unspecified atom stereocenters. The van der Waals surface area contributed by atoms with Crippen LogP contribution >= 0.6 is 15.9 Å². The van der Waals surface area contributed by atoms with Crippen LogP contribution in [0.5, 0.6) is 11.5 Å². The van der Waals surface area contributed by atoms with Gasteiger partial charge in [-0.05, 0) is 35.0 Å². The van der Waals surface area contributed by atoms with E-state index in [0.29, 0.717) is 0 Å². The first kappa shape index (κ1) is 11.2. The Bertz CT molecular complexity index is 540. The van der Waals surface area contributed by atoms with E-state index < -0.39 is 0 Å². The summed E-state index contributed by atoms with van der Waals surface area (Å²) in [4.78, 5) is 4.49. The van der Waals surface area contributed by atoms with E-state index in [0.717, 1.165) is 32.6 Å². The maximum Gasteiger partial charge on any atom is 0.135 e. The number of benzene rings is 1. The van der Waals surface area contributed by atoms with Crippen LogP contribution in [-0.2, 0) is 0 Å². The third-order valence-electron chi connectivity index (χ3n) is 2.41. The number of halogens is 1. The van der Waals surface area contributed by atoms with Gasteiger partial charge in [0.25, 0.3) is 0 Å². The van der Waals surface area contributed by atoms with Gasteiger partial charge in [-0.3, -0.25) is 4.98 Å². The van der Waals surface area contributed by atoms with Gasteiger partial charge in [0, 0.05) is 17.1 Å². The number of pyridine rings is 1. The van der Waals surface area contributed by atoms with Crippen molar-refractivity contribution in [2.75, 3.05) is 14.2 Å². The zero-order chi connectivity index (χ0) is 11.7. The van der Waals surface area contributed by atoms with Gasteiger partial charge in [0.15, 0.2) is 0 Å². The molecular formula is C12H12BrNO2. The molecule has 1 aromatic carbocycles. The van der Waals surface area contributed by atoms with Crippen molar-refractivity contribution in [3.63, 3.8) is 0 Å². The van der Waals surface area contributed by atoms with Gasteiger partial charge >= 0.3 is 0 Å². The third kappa shape index (κ3) is 1.73. The second-order valence-electron chi connectivity index (χ2n) is 3.44. The number of hydrogen-bond donors (Lipinski definition) is 0. The lowest BCUT2D eigenvalue weighted by Gasteiger charge is -2.10. The number of rotatable bonds is 2. The van der Waals surface area contributed by atoms with Crippen molar-refractivity contribution in [1.29, 1.82) is 0 Å². The summed E-state index contributed by atoms with van der Waals surface area (Å²) in [7, 11) is 3.30. The normalized spacial score (nSPS) is 10.5. The molecule has 0 spiro atoms. The maximum atomic E-state index is 5.34. The van der Waals surface area contributed by atoms with E-state index in [-0.39, 0.29) is 0 Å². The highest BCUT2D eigenvalue weighted by Crippen LogP contribution is 2.35. The number of aryl methyl sites for hydroxylation is 1. The van der Waals surface area contributed by atoms with Crippen LogP contribution in [-0.4, -0.2) is 19.2 Å². The number of nitrogens with zero attached hydrogens (tertiary/aromatic N) is 1. The summed E-state index contributed by atoms with van der Waals surface area (Å²) >= 11 is 3.50. The molecule has 1 heterocycles. The molecule has 84 valence electrons. The molecule has 0 aliphatic carbocycles. The van der Waals surface area contributed by atoms with Crippen molar-refractivity contribution in [1.82, 2.24) is 4.98 Å². The van der Waals surface area contributed by atoms with E-state index in [1.54, 1.807) is 14.2 Å². The average Bonchev–Trinajstić information content (AvgIpc) is 2.29. The van der Waals surface area contributed by atoms with E-state index >= 15 is 0 Å². The molecule has 0 radical (unpaired) electrons. The van der Waals surface area contributed by atoms with E-state index in [2.05, 4.69) is 20.9 Å². The standard InChI is InChI=1S/C12H12BrNO2/c1-7-6-10(16-3)8-4-5-9(15-2)11(13)12(8)14-7/h4-6H,1-3H3. The fourth-order valence-corrected chi connectivity index (χ4v) is 2.25. The molecule has 0 saturated heterocycles. The van der Waals surface area contributed by atoms with Crippen LogP contribution in [0.3, 0.4) is 0 Å². The largest absolute Gasteiger partial charge is 0.496 e. The van der Waals surface area contributed by atoms with E-state index in [9.17, 15) is 0 Å². The molecule has 0 atom stereocenters. The maximum absolute atomic E-state index is 5.34. The van der Waals surface area contributed by atoms with Gasteiger partial charge in [0.1, 0.15) is 11.5 Å². The fourth-order valence-electron chi connectivity index (χ4n) is 1.66. The molecular weight excluding hydrogens is 270 g/mol. The van der Waals surface area contributed by atoms with Gasteiger partial charge in [-0.2, -0.15) is 0 Å². The Labute approximate surface area is 103 Å². The molecule has 0 aliphatic rings. The van der Waals surface area contributed by atoms with Crippen LogP contribution in [0.1, 0.15) is 5.69 Å². The smallest absolute Gasteiger partial charge is 0.135 e. The first-order valence-corrected chi connectivity index (χ1v) is 5.64. The highest BCUT2D eigenvalue weighted by atomic mass is 79.9. The molecule has 0 bridgehead atoms. The van der Waals surface area contributed by atoms with Crippen LogP contribution in [0.25, 0.3) is 10.9 Å². The number of ether oxygens (including phenoxy) is 2. The summed E-state index contributed by atoms with van der Waals surface area (Å²) in [5, 5.41) is 0.973. The first-order valence-electron chi connectivity index (χ1n) is 4.85. The van der Waals surface area contributed by atoms with Crippen LogP contribution in [0.4, 0.5) is 0 Å². The van der Waals surface area contributed by atoms with Crippen molar-refractivity contribution in [2.24, 2.45) is 0 Å². The van der Waals surface area contributed by atoms with Crippen LogP contribution < -0.4 is 9.47 Å². The molecule has 4 heteroatoms. The van der Waals surface area contributed by atoms with E-state index in [4.69, 9.17) is 9.47 Å². The Morgan fingerprint density at radius 2 is 1.81 bits per heavy atom. The Morgan fingerprint density at radius 3 is 2.44 bits per heavy atom. The second kappa shape index (κ2) is 4.29. The van der Waals surface area contributed by atoms with Crippen molar-refractivity contribution in [3.8, 4) is 11.5 Å². The zero-order valence-corrected chi connectivity index (χ0v) is 11.0. The van der Waals surface area contributed by atoms with Crippen molar-refractivity contribution < 1.29 is 9.47 Å². The Hall–Kier alpha value is -1.29. The topological polar surface area (TPSA) is 31.4 Å². The number of fused-ring (bicyclic) bond motifs is 1. The number of aromatic nitrogens is 1. The molecule has 0 N–H and O–H groups in total. The van der Waals surface area contributed by atoms with Crippen LogP contribution in [0.15, 0.2) is 22.7 Å². The molecule has 2 aromatic rings. The minimum Gasteiger partial charge on any atom is -0.496 e. The fraction of sp³-hybridized carbons (Fsp3) is 0.250. The van der Waals surface area contributed by atoms with Gasteiger partial charge in [-0.25, -0.2) is 0 Å². The predicted molar refractivity (Wildman–Crippen MR) is 67.3 cm³/mol.